The summed E-state index contributed by atoms with van der Waals surface area (Å²) >= 11 is 0. The molecule has 0 aliphatic heterocycles. The molecule has 0 bridgehead atoms. The number of hydrogen-bond acceptors (Lipinski definition) is 3. The highest BCUT2D eigenvalue weighted by molar-refractivity contribution is 7.90. The van der Waals surface area contributed by atoms with Gasteiger partial charge in [-0.2, -0.15) is 0 Å². The van der Waals surface area contributed by atoms with Gasteiger partial charge in [0.1, 0.15) is 5.82 Å². The van der Waals surface area contributed by atoms with Crippen LogP contribution in [0.25, 0.3) is 0 Å². The summed E-state index contributed by atoms with van der Waals surface area (Å²) in [6.45, 7) is 2.05. The molecule has 16 heavy (non-hydrogen) atoms. The van der Waals surface area contributed by atoms with Crippen LogP contribution in [0.4, 0.5) is 4.39 Å². The first-order valence-electron chi connectivity index (χ1n) is 5.05. The van der Waals surface area contributed by atoms with Crippen LogP contribution in [0, 0.1) is 12.7 Å². The van der Waals surface area contributed by atoms with Gasteiger partial charge in [0.2, 0.25) is 0 Å². The molecule has 5 heteroatoms. The fourth-order valence-corrected chi connectivity index (χ4v) is 2.58. The van der Waals surface area contributed by atoms with Gasteiger partial charge in [-0.1, -0.05) is 0 Å². The van der Waals surface area contributed by atoms with Crippen LogP contribution in [-0.4, -0.2) is 21.2 Å². The molecule has 0 radical (unpaired) electrons. The first-order valence-corrected chi connectivity index (χ1v) is 6.94. The first kappa shape index (κ1) is 13.1. The zero-order valence-electron chi connectivity index (χ0n) is 9.46. The molecule has 2 N–H and O–H groups in total. The Labute approximate surface area is 95.4 Å². The van der Waals surface area contributed by atoms with E-state index in [1.807, 2.05) is 0 Å². The van der Waals surface area contributed by atoms with E-state index in [1.165, 1.54) is 12.1 Å². The van der Waals surface area contributed by atoms with Crippen molar-refractivity contribution in [3.63, 3.8) is 0 Å². The van der Waals surface area contributed by atoms with Crippen LogP contribution in [0.15, 0.2) is 17.0 Å². The molecule has 0 amide bonds. The normalized spacial score (nSPS) is 11.8. The molecule has 1 aromatic carbocycles. The Morgan fingerprint density at radius 2 is 2.00 bits per heavy atom. The van der Waals surface area contributed by atoms with Gasteiger partial charge >= 0.3 is 0 Å². The van der Waals surface area contributed by atoms with Crippen LogP contribution >= 0.6 is 0 Å². The van der Waals surface area contributed by atoms with E-state index < -0.39 is 9.84 Å². The molecular formula is C11H16FNO2S. The zero-order valence-corrected chi connectivity index (χ0v) is 10.3. The highest BCUT2D eigenvalue weighted by Gasteiger charge is 2.14. The molecule has 0 atom stereocenters. The average Bonchev–Trinajstić information content (AvgIpc) is 2.14. The monoisotopic (exact) mass is 245 g/mol. The van der Waals surface area contributed by atoms with Crippen LogP contribution in [0.5, 0.6) is 0 Å². The van der Waals surface area contributed by atoms with E-state index in [9.17, 15) is 12.8 Å². The molecule has 90 valence electrons. The zero-order chi connectivity index (χ0) is 12.3. The lowest BCUT2D eigenvalue weighted by Crippen LogP contribution is -2.05. The van der Waals surface area contributed by atoms with Crippen molar-refractivity contribution < 1.29 is 12.8 Å². The molecule has 0 heterocycles. The van der Waals surface area contributed by atoms with Crippen molar-refractivity contribution in [3.05, 3.63) is 29.1 Å². The van der Waals surface area contributed by atoms with Crippen molar-refractivity contribution in [1.82, 2.24) is 0 Å². The number of hydrogen-bond donors (Lipinski definition) is 1. The van der Waals surface area contributed by atoms with Crippen molar-refractivity contribution in [2.75, 3.05) is 12.8 Å². The molecular weight excluding hydrogens is 229 g/mol. The van der Waals surface area contributed by atoms with Gasteiger partial charge < -0.3 is 5.73 Å². The minimum atomic E-state index is -3.30. The van der Waals surface area contributed by atoms with Gasteiger partial charge in [0, 0.05) is 6.26 Å². The fourth-order valence-electron chi connectivity index (χ4n) is 1.58. The minimum Gasteiger partial charge on any atom is -0.330 e. The number of halogens is 1. The summed E-state index contributed by atoms with van der Waals surface area (Å²) in [7, 11) is -3.30. The second-order valence-electron chi connectivity index (χ2n) is 3.87. The summed E-state index contributed by atoms with van der Waals surface area (Å²) in [4.78, 5) is 0.195. The molecule has 0 aliphatic rings. The molecule has 0 aromatic heterocycles. The number of rotatable bonds is 4. The summed E-state index contributed by atoms with van der Waals surface area (Å²) in [5.41, 5.74) is 6.19. The van der Waals surface area contributed by atoms with E-state index in [-0.39, 0.29) is 10.7 Å². The van der Waals surface area contributed by atoms with Crippen LogP contribution in [0.3, 0.4) is 0 Å². The minimum absolute atomic E-state index is 0.195. The summed E-state index contributed by atoms with van der Waals surface area (Å²) in [6.07, 6.45) is 2.23. The third kappa shape index (κ3) is 3.02. The lowest BCUT2D eigenvalue weighted by Gasteiger charge is -2.08. The molecule has 0 aliphatic carbocycles. The molecule has 3 nitrogen and oxygen atoms in total. The van der Waals surface area contributed by atoms with E-state index in [4.69, 9.17) is 5.73 Å². The summed E-state index contributed by atoms with van der Waals surface area (Å²) in [6, 6.07) is 2.68. The lowest BCUT2D eigenvalue weighted by atomic mass is 10.1. The van der Waals surface area contributed by atoms with Gasteiger partial charge in [-0.25, -0.2) is 12.8 Å². The third-order valence-electron chi connectivity index (χ3n) is 2.39. The van der Waals surface area contributed by atoms with Crippen LogP contribution < -0.4 is 5.73 Å². The Morgan fingerprint density at radius 3 is 2.50 bits per heavy atom. The Morgan fingerprint density at radius 1 is 1.38 bits per heavy atom. The van der Waals surface area contributed by atoms with Gasteiger partial charge in [0.15, 0.2) is 9.84 Å². The van der Waals surface area contributed by atoms with Crippen LogP contribution in [0.2, 0.25) is 0 Å². The van der Waals surface area contributed by atoms with Crippen molar-refractivity contribution in [1.29, 1.82) is 0 Å². The predicted octanol–water partition coefficient (Wildman–Crippen LogP) is 1.43. The smallest absolute Gasteiger partial charge is 0.175 e. The Bertz CT molecular complexity index is 483. The Hall–Kier alpha value is -0.940. The van der Waals surface area contributed by atoms with E-state index in [0.29, 0.717) is 30.5 Å². The molecule has 1 rings (SSSR count). The maximum atomic E-state index is 13.5. The van der Waals surface area contributed by atoms with Crippen molar-refractivity contribution >= 4 is 9.84 Å². The summed E-state index contributed by atoms with van der Waals surface area (Å²) in [5.74, 6) is -0.363. The molecule has 0 unspecified atom stereocenters. The van der Waals surface area contributed by atoms with Crippen molar-refractivity contribution in [2.45, 2.75) is 24.7 Å². The Kier molecular flexibility index (Phi) is 4.04. The second-order valence-corrected chi connectivity index (χ2v) is 5.86. The molecule has 0 saturated heterocycles. The predicted molar refractivity (Wildman–Crippen MR) is 61.6 cm³/mol. The molecule has 0 fully saturated rings. The van der Waals surface area contributed by atoms with Gasteiger partial charge in [-0.05, 0) is 49.6 Å². The third-order valence-corrected chi connectivity index (χ3v) is 3.63. The molecule has 1 aromatic rings. The summed E-state index contributed by atoms with van der Waals surface area (Å²) < 4.78 is 36.4. The van der Waals surface area contributed by atoms with Gasteiger partial charge in [0.05, 0.1) is 4.90 Å². The van der Waals surface area contributed by atoms with E-state index in [1.54, 1.807) is 6.92 Å². The Balaban J connectivity index is 3.22. The quantitative estimate of drug-likeness (QED) is 0.816. The number of sulfone groups is 1. The summed E-state index contributed by atoms with van der Waals surface area (Å²) in [5, 5.41) is 0. The fraction of sp³-hybridized carbons (Fsp3) is 0.455. The topological polar surface area (TPSA) is 60.2 Å². The van der Waals surface area contributed by atoms with Gasteiger partial charge in [0.25, 0.3) is 0 Å². The number of aryl methyl sites for hydroxylation is 2. The standard InChI is InChI=1S/C11H16FNO2S/c1-8-6-10(12)9(4-3-5-13)7-11(8)16(2,14)15/h6-7H,3-5,13H2,1-2H3. The first-order chi connectivity index (χ1) is 7.36. The van der Waals surface area contributed by atoms with E-state index in [2.05, 4.69) is 0 Å². The van der Waals surface area contributed by atoms with Gasteiger partial charge in [-0.15, -0.1) is 0 Å². The van der Waals surface area contributed by atoms with Crippen LogP contribution in [-0.2, 0) is 16.3 Å². The SMILES string of the molecule is Cc1cc(F)c(CCCN)cc1S(C)(=O)=O. The molecule has 0 saturated carbocycles. The van der Waals surface area contributed by atoms with E-state index >= 15 is 0 Å². The van der Waals surface area contributed by atoms with E-state index in [0.717, 1.165) is 6.26 Å². The van der Waals surface area contributed by atoms with Gasteiger partial charge in [-0.3, -0.25) is 0 Å². The number of benzene rings is 1. The maximum Gasteiger partial charge on any atom is 0.175 e. The van der Waals surface area contributed by atoms with Crippen LogP contribution in [0.1, 0.15) is 17.5 Å². The highest BCUT2D eigenvalue weighted by atomic mass is 32.2. The van der Waals surface area contributed by atoms with Crippen molar-refractivity contribution in [3.8, 4) is 0 Å². The van der Waals surface area contributed by atoms with Crippen molar-refractivity contribution in [2.24, 2.45) is 5.73 Å². The maximum absolute atomic E-state index is 13.5. The lowest BCUT2D eigenvalue weighted by molar-refractivity contribution is 0.592. The highest BCUT2D eigenvalue weighted by Crippen LogP contribution is 2.20. The second kappa shape index (κ2) is 4.93. The average molecular weight is 245 g/mol. The number of nitrogens with two attached hydrogens (primary N) is 1. The largest absolute Gasteiger partial charge is 0.330 e. The molecule has 0 spiro atoms.